The molecule has 6 heteroatoms. The van der Waals surface area contributed by atoms with Crippen LogP contribution in [0.4, 0.5) is 13.2 Å². The van der Waals surface area contributed by atoms with E-state index < -0.39 is 11.7 Å². The zero-order valence-electron chi connectivity index (χ0n) is 10.2. The SMILES string of the molecule is Cc1ccc(C(F)(F)F)cc1-c1cc(Cl)c(Cl)c(Cl)c1. The highest BCUT2D eigenvalue weighted by Crippen LogP contribution is 2.38. The van der Waals surface area contributed by atoms with E-state index in [-0.39, 0.29) is 15.1 Å². The van der Waals surface area contributed by atoms with Crippen molar-refractivity contribution in [1.82, 2.24) is 0 Å². The van der Waals surface area contributed by atoms with Gasteiger partial charge in [0.25, 0.3) is 0 Å². The molecule has 0 heterocycles. The van der Waals surface area contributed by atoms with Crippen molar-refractivity contribution < 1.29 is 13.2 Å². The van der Waals surface area contributed by atoms with Crippen LogP contribution < -0.4 is 0 Å². The number of hydrogen-bond acceptors (Lipinski definition) is 0. The molecule has 0 spiro atoms. The summed E-state index contributed by atoms with van der Waals surface area (Å²) in [4.78, 5) is 0. The van der Waals surface area contributed by atoms with Crippen LogP contribution in [0.25, 0.3) is 11.1 Å². The molecule has 0 saturated heterocycles. The van der Waals surface area contributed by atoms with Crippen molar-refractivity contribution in [2.45, 2.75) is 13.1 Å². The van der Waals surface area contributed by atoms with E-state index in [4.69, 9.17) is 34.8 Å². The Bertz CT molecular complexity index is 640. The molecule has 0 atom stereocenters. The average molecular weight is 340 g/mol. The van der Waals surface area contributed by atoms with Crippen molar-refractivity contribution in [2.24, 2.45) is 0 Å². The third-order valence-corrected chi connectivity index (χ3v) is 4.06. The lowest BCUT2D eigenvalue weighted by Crippen LogP contribution is -2.05. The first kappa shape index (κ1) is 15.5. The highest BCUT2D eigenvalue weighted by atomic mass is 35.5. The second-order valence-electron chi connectivity index (χ2n) is 4.28. The van der Waals surface area contributed by atoms with Gasteiger partial charge in [-0.05, 0) is 47.9 Å². The van der Waals surface area contributed by atoms with Crippen LogP contribution in [0, 0.1) is 6.92 Å². The van der Waals surface area contributed by atoms with Crippen molar-refractivity contribution in [2.75, 3.05) is 0 Å². The fourth-order valence-electron chi connectivity index (χ4n) is 1.82. The van der Waals surface area contributed by atoms with Crippen LogP contribution in [0.2, 0.25) is 15.1 Å². The van der Waals surface area contributed by atoms with Gasteiger partial charge in [-0.3, -0.25) is 0 Å². The molecule has 20 heavy (non-hydrogen) atoms. The van der Waals surface area contributed by atoms with Gasteiger partial charge in [-0.1, -0.05) is 40.9 Å². The average Bonchev–Trinajstić information content (AvgIpc) is 2.34. The number of halogens is 6. The Morgan fingerprint density at radius 2 is 1.45 bits per heavy atom. The van der Waals surface area contributed by atoms with E-state index in [9.17, 15) is 13.2 Å². The van der Waals surface area contributed by atoms with E-state index in [1.165, 1.54) is 18.2 Å². The molecule has 0 nitrogen and oxygen atoms in total. The molecule has 2 aromatic rings. The fraction of sp³-hybridized carbons (Fsp3) is 0.143. The van der Waals surface area contributed by atoms with Crippen molar-refractivity contribution in [3.63, 3.8) is 0 Å². The minimum Gasteiger partial charge on any atom is -0.166 e. The Morgan fingerprint density at radius 3 is 1.95 bits per heavy atom. The lowest BCUT2D eigenvalue weighted by molar-refractivity contribution is -0.137. The van der Waals surface area contributed by atoms with Gasteiger partial charge in [0, 0.05) is 0 Å². The number of rotatable bonds is 1. The van der Waals surface area contributed by atoms with E-state index >= 15 is 0 Å². The summed E-state index contributed by atoms with van der Waals surface area (Å²) in [6, 6.07) is 6.52. The van der Waals surface area contributed by atoms with Gasteiger partial charge in [0.15, 0.2) is 0 Å². The first-order chi connectivity index (χ1) is 9.20. The molecular weight excluding hydrogens is 332 g/mol. The summed E-state index contributed by atoms with van der Waals surface area (Å²) in [6.07, 6.45) is -4.40. The number of benzene rings is 2. The Balaban J connectivity index is 2.63. The Kier molecular flexibility index (Phi) is 4.24. The van der Waals surface area contributed by atoms with Crippen molar-refractivity contribution >= 4 is 34.8 Å². The first-order valence-electron chi connectivity index (χ1n) is 5.53. The van der Waals surface area contributed by atoms with Gasteiger partial charge in [0.2, 0.25) is 0 Å². The van der Waals surface area contributed by atoms with Crippen LogP contribution in [0.3, 0.4) is 0 Å². The first-order valence-corrected chi connectivity index (χ1v) is 6.66. The van der Waals surface area contributed by atoms with E-state index in [0.29, 0.717) is 16.7 Å². The summed E-state index contributed by atoms with van der Waals surface area (Å²) >= 11 is 17.7. The standard InChI is InChI=1S/C14H8Cl3F3/c1-7-2-3-9(14(18,19)20)6-10(7)8-4-11(15)13(17)12(16)5-8/h2-6H,1H3. The molecule has 0 N–H and O–H groups in total. The number of hydrogen-bond donors (Lipinski definition) is 0. The zero-order chi connectivity index (χ0) is 15.1. The summed E-state index contributed by atoms with van der Waals surface area (Å²) in [5.74, 6) is 0. The number of alkyl halides is 3. The summed E-state index contributed by atoms with van der Waals surface area (Å²) in [5, 5.41) is 0.582. The maximum absolute atomic E-state index is 12.8. The van der Waals surface area contributed by atoms with E-state index in [1.807, 2.05) is 0 Å². The highest BCUT2D eigenvalue weighted by molar-refractivity contribution is 6.48. The van der Waals surface area contributed by atoms with Crippen LogP contribution >= 0.6 is 34.8 Å². The van der Waals surface area contributed by atoms with E-state index in [2.05, 4.69) is 0 Å². The predicted octanol–water partition coefficient (Wildman–Crippen LogP) is 6.64. The molecule has 2 aromatic carbocycles. The summed E-state index contributed by atoms with van der Waals surface area (Å²) in [7, 11) is 0. The normalized spacial score (nSPS) is 11.8. The number of aryl methyl sites for hydroxylation is 1. The van der Waals surface area contributed by atoms with Gasteiger partial charge in [0.05, 0.1) is 20.6 Å². The van der Waals surface area contributed by atoms with Crippen molar-refractivity contribution in [1.29, 1.82) is 0 Å². The van der Waals surface area contributed by atoms with Gasteiger partial charge in [-0.2, -0.15) is 13.2 Å². The third-order valence-electron chi connectivity index (χ3n) is 2.86. The van der Waals surface area contributed by atoms with Crippen LogP contribution in [0.1, 0.15) is 11.1 Å². The van der Waals surface area contributed by atoms with E-state index in [0.717, 1.165) is 12.1 Å². The zero-order valence-corrected chi connectivity index (χ0v) is 12.4. The van der Waals surface area contributed by atoms with Crippen LogP contribution in [0.15, 0.2) is 30.3 Å². The molecule has 0 fully saturated rings. The Hall–Kier alpha value is -0.900. The van der Waals surface area contributed by atoms with Crippen LogP contribution in [0.5, 0.6) is 0 Å². The summed E-state index contributed by atoms with van der Waals surface area (Å²) in [6.45, 7) is 1.71. The van der Waals surface area contributed by atoms with Gasteiger partial charge in [-0.25, -0.2) is 0 Å². The lowest BCUT2D eigenvalue weighted by atomic mass is 9.98. The Labute approximate surface area is 129 Å². The van der Waals surface area contributed by atoms with E-state index in [1.54, 1.807) is 6.92 Å². The fourth-order valence-corrected chi connectivity index (χ4v) is 2.42. The summed E-state index contributed by atoms with van der Waals surface area (Å²) < 4.78 is 38.3. The minimum atomic E-state index is -4.40. The molecule has 106 valence electrons. The van der Waals surface area contributed by atoms with Crippen molar-refractivity contribution in [3.05, 3.63) is 56.5 Å². The molecule has 0 aliphatic carbocycles. The van der Waals surface area contributed by atoms with Gasteiger partial charge in [-0.15, -0.1) is 0 Å². The lowest BCUT2D eigenvalue weighted by Gasteiger charge is -2.13. The largest absolute Gasteiger partial charge is 0.416 e. The van der Waals surface area contributed by atoms with Crippen LogP contribution in [-0.4, -0.2) is 0 Å². The second kappa shape index (κ2) is 5.47. The van der Waals surface area contributed by atoms with Crippen LogP contribution in [-0.2, 0) is 6.18 Å². The van der Waals surface area contributed by atoms with Gasteiger partial charge >= 0.3 is 6.18 Å². The maximum atomic E-state index is 12.8. The molecule has 0 saturated carbocycles. The molecular formula is C14H8Cl3F3. The Morgan fingerprint density at radius 1 is 0.900 bits per heavy atom. The van der Waals surface area contributed by atoms with Gasteiger partial charge < -0.3 is 0 Å². The molecule has 0 radical (unpaired) electrons. The molecule has 0 amide bonds. The van der Waals surface area contributed by atoms with Crippen molar-refractivity contribution in [3.8, 4) is 11.1 Å². The smallest absolute Gasteiger partial charge is 0.166 e. The highest BCUT2D eigenvalue weighted by Gasteiger charge is 2.30. The quantitative estimate of drug-likeness (QED) is 0.511. The maximum Gasteiger partial charge on any atom is 0.416 e. The molecule has 0 unspecified atom stereocenters. The molecule has 2 rings (SSSR count). The predicted molar refractivity (Wildman–Crippen MR) is 76.6 cm³/mol. The molecule has 0 aliphatic rings. The van der Waals surface area contributed by atoms with Gasteiger partial charge in [0.1, 0.15) is 0 Å². The second-order valence-corrected chi connectivity index (χ2v) is 5.47. The summed E-state index contributed by atoms with van der Waals surface area (Å²) in [5.41, 5.74) is 0.876. The minimum absolute atomic E-state index is 0.182. The third kappa shape index (κ3) is 3.05. The molecule has 0 aromatic heterocycles. The molecule has 0 aliphatic heterocycles. The molecule has 0 bridgehead atoms. The monoisotopic (exact) mass is 338 g/mol. The topological polar surface area (TPSA) is 0 Å².